The van der Waals surface area contributed by atoms with Gasteiger partial charge in [0, 0.05) is 31.1 Å². The van der Waals surface area contributed by atoms with Crippen LogP contribution in [0.1, 0.15) is 33.6 Å². The number of carbonyl (C=O) groups excluding carboxylic acids is 1. The molecule has 0 atom stereocenters. The minimum Gasteiger partial charge on any atom is -0.474 e. The number of carbonyl (C=O) groups is 1. The van der Waals surface area contributed by atoms with E-state index in [1.807, 2.05) is 31.2 Å². The van der Waals surface area contributed by atoms with E-state index in [-0.39, 0.29) is 23.5 Å². The largest absolute Gasteiger partial charge is 0.474 e. The van der Waals surface area contributed by atoms with E-state index in [1.165, 1.54) is 0 Å². The molecule has 0 unspecified atom stereocenters. The van der Waals surface area contributed by atoms with Gasteiger partial charge >= 0.3 is 0 Å². The molecule has 37 heavy (non-hydrogen) atoms. The third-order valence-electron chi connectivity index (χ3n) is 6.33. The first-order valence-corrected chi connectivity index (χ1v) is 12.4. The Balaban J connectivity index is 1.24. The summed E-state index contributed by atoms with van der Waals surface area (Å²) >= 11 is 0. The maximum absolute atomic E-state index is 14.5. The fourth-order valence-corrected chi connectivity index (χ4v) is 4.30. The second kappa shape index (κ2) is 10.2. The summed E-state index contributed by atoms with van der Waals surface area (Å²) in [7, 11) is 0. The van der Waals surface area contributed by atoms with Crippen LogP contribution in [0, 0.1) is 5.82 Å². The summed E-state index contributed by atoms with van der Waals surface area (Å²) in [4.78, 5) is 27.1. The Morgan fingerprint density at radius 3 is 2.62 bits per heavy atom. The molecule has 0 bridgehead atoms. The van der Waals surface area contributed by atoms with Gasteiger partial charge in [0.2, 0.25) is 5.95 Å². The number of rotatable bonds is 7. The highest BCUT2D eigenvalue weighted by molar-refractivity contribution is 5.99. The third kappa shape index (κ3) is 5.56. The van der Waals surface area contributed by atoms with Crippen molar-refractivity contribution in [2.24, 2.45) is 0 Å². The topological polar surface area (TPSA) is 114 Å². The molecule has 4 heterocycles. The lowest BCUT2D eigenvalue weighted by Crippen LogP contribution is -2.46. The van der Waals surface area contributed by atoms with Gasteiger partial charge in [0.15, 0.2) is 28.8 Å². The van der Waals surface area contributed by atoms with Crippen molar-refractivity contribution in [1.29, 1.82) is 0 Å². The van der Waals surface area contributed by atoms with Crippen LogP contribution >= 0.6 is 0 Å². The van der Waals surface area contributed by atoms with Crippen molar-refractivity contribution < 1.29 is 18.7 Å². The number of aromatic nitrogens is 3. The highest BCUT2D eigenvalue weighted by Gasteiger charge is 2.36. The van der Waals surface area contributed by atoms with E-state index in [1.54, 1.807) is 26.0 Å². The van der Waals surface area contributed by atoms with E-state index >= 15 is 0 Å². The smallest absolute Gasteiger partial charge is 0.269 e. The number of nitrogens with one attached hydrogen (secondary N) is 3. The van der Waals surface area contributed by atoms with E-state index in [0.717, 1.165) is 50.1 Å². The molecule has 10 nitrogen and oxygen atoms in total. The van der Waals surface area contributed by atoms with Crippen LogP contribution < -0.4 is 25.6 Å². The summed E-state index contributed by atoms with van der Waals surface area (Å²) in [5, 5.41) is 8.67. The zero-order valence-electron chi connectivity index (χ0n) is 21.0. The molecule has 1 aromatic carbocycles. The molecular formula is C26H30FN7O3. The quantitative estimate of drug-likeness (QED) is 0.422. The number of piperidine rings is 1. The number of fused-ring (bicyclic) bond motifs is 1. The molecule has 2 aliphatic heterocycles. The van der Waals surface area contributed by atoms with E-state index in [2.05, 4.69) is 35.8 Å². The lowest BCUT2D eigenvalue weighted by Gasteiger charge is -2.33. The summed E-state index contributed by atoms with van der Waals surface area (Å²) in [6.45, 7) is 8.03. The van der Waals surface area contributed by atoms with E-state index in [0.29, 0.717) is 17.7 Å². The SMILES string of the molecule is CCOC1CCN(c2ccc(Nc3ncc(F)c(Nc4ccc5c(n4)NC(=O)C(C)(C)O5)n3)cc2)CC1. The monoisotopic (exact) mass is 507 g/mol. The number of amides is 1. The first-order valence-electron chi connectivity index (χ1n) is 12.4. The van der Waals surface area contributed by atoms with Crippen LogP contribution in [-0.4, -0.2) is 52.3 Å². The molecule has 3 aromatic rings. The highest BCUT2D eigenvalue weighted by Crippen LogP contribution is 2.33. The van der Waals surface area contributed by atoms with E-state index in [4.69, 9.17) is 9.47 Å². The first-order chi connectivity index (χ1) is 17.8. The van der Waals surface area contributed by atoms with Crippen molar-refractivity contribution in [2.45, 2.75) is 45.3 Å². The van der Waals surface area contributed by atoms with E-state index < -0.39 is 11.4 Å². The van der Waals surface area contributed by atoms with Gasteiger partial charge in [-0.05, 0) is 70.0 Å². The first kappa shape index (κ1) is 24.7. The fraction of sp³-hybridized carbons (Fsp3) is 0.385. The second-order valence-corrected chi connectivity index (χ2v) is 9.44. The lowest BCUT2D eigenvalue weighted by molar-refractivity contribution is -0.129. The van der Waals surface area contributed by atoms with Gasteiger partial charge < -0.3 is 30.3 Å². The van der Waals surface area contributed by atoms with Crippen molar-refractivity contribution in [2.75, 3.05) is 40.5 Å². The zero-order chi connectivity index (χ0) is 26.0. The van der Waals surface area contributed by atoms with Crippen LogP contribution in [0.3, 0.4) is 0 Å². The molecule has 0 spiro atoms. The molecule has 11 heteroatoms. The fourth-order valence-electron chi connectivity index (χ4n) is 4.30. The maximum atomic E-state index is 14.5. The molecule has 5 rings (SSSR count). The molecule has 0 saturated carbocycles. The Bertz CT molecular complexity index is 1280. The number of halogens is 1. The number of benzene rings is 1. The summed E-state index contributed by atoms with van der Waals surface area (Å²) < 4.78 is 25.9. The predicted molar refractivity (Wildman–Crippen MR) is 139 cm³/mol. The molecule has 2 aliphatic rings. The van der Waals surface area contributed by atoms with Gasteiger partial charge in [-0.15, -0.1) is 0 Å². The summed E-state index contributed by atoms with van der Waals surface area (Å²) in [5.74, 6) is 0.200. The highest BCUT2D eigenvalue weighted by atomic mass is 19.1. The molecule has 2 aromatic heterocycles. The number of hydrogen-bond donors (Lipinski definition) is 3. The Morgan fingerprint density at radius 2 is 1.89 bits per heavy atom. The van der Waals surface area contributed by atoms with Crippen LogP contribution in [0.4, 0.5) is 39.2 Å². The van der Waals surface area contributed by atoms with Crippen molar-refractivity contribution in [1.82, 2.24) is 15.0 Å². The predicted octanol–water partition coefficient (Wildman–Crippen LogP) is 4.61. The number of nitrogens with zero attached hydrogens (tertiary/aromatic N) is 4. The van der Waals surface area contributed by atoms with Crippen LogP contribution in [0.15, 0.2) is 42.6 Å². The van der Waals surface area contributed by atoms with Gasteiger partial charge in [-0.2, -0.15) is 4.98 Å². The van der Waals surface area contributed by atoms with Crippen molar-refractivity contribution >= 4 is 40.7 Å². The maximum Gasteiger partial charge on any atom is 0.269 e. The molecule has 1 saturated heterocycles. The molecule has 3 N–H and O–H groups in total. The van der Waals surface area contributed by atoms with Gasteiger partial charge in [-0.3, -0.25) is 4.79 Å². The summed E-state index contributed by atoms with van der Waals surface area (Å²) in [6, 6.07) is 11.3. The van der Waals surface area contributed by atoms with Gasteiger partial charge in [0.25, 0.3) is 5.91 Å². The average Bonchev–Trinajstić information content (AvgIpc) is 2.88. The number of pyridine rings is 1. The summed E-state index contributed by atoms with van der Waals surface area (Å²) in [5.41, 5.74) is 0.919. The van der Waals surface area contributed by atoms with Crippen LogP contribution in [0.25, 0.3) is 0 Å². The number of ether oxygens (including phenoxy) is 2. The third-order valence-corrected chi connectivity index (χ3v) is 6.33. The van der Waals surface area contributed by atoms with Crippen molar-refractivity contribution in [3.63, 3.8) is 0 Å². The van der Waals surface area contributed by atoms with Crippen LogP contribution in [0.2, 0.25) is 0 Å². The number of hydrogen-bond acceptors (Lipinski definition) is 9. The zero-order valence-corrected chi connectivity index (χ0v) is 21.0. The minimum atomic E-state index is -0.998. The van der Waals surface area contributed by atoms with Gasteiger partial charge in [-0.25, -0.2) is 14.4 Å². The second-order valence-electron chi connectivity index (χ2n) is 9.44. The van der Waals surface area contributed by atoms with Gasteiger partial charge in [0.1, 0.15) is 5.82 Å². The molecular weight excluding hydrogens is 477 g/mol. The van der Waals surface area contributed by atoms with Gasteiger partial charge in [-0.1, -0.05) is 0 Å². The minimum absolute atomic E-state index is 0.0536. The molecule has 194 valence electrons. The molecule has 0 aliphatic carbocycles. The molecule has 0 radical (unpaired) electrons. The average molecular weight is 508 g/mol. The number of anilines is 6. The van der Waals surface area contributed by atoms with Crippen molar-refractivity contribution in [3.8, 4) is 5.75 Å². The molecule has 1 amide bonds. The Kier molecular flexibility index (Phi) is 6.79. The Labute approximate surface area is 214 Å². The molecule has 1 fully saturated rings. The van der Waals surface area contributed by atoms with Gasteiger partial charge in [0.05, 0.1) is 12.3 Å². The Hall–Kier alpha value is -3.99. The standard InChI is InChI=1S/C26H30FN7O3/c1-4-36-18-11-13-34(14-12-18)17-7-5-16(6-8-17)29-25-28-15-19(27)22(33-25)30-21-10-9-20-23(31-21)32-24(35)26(2,3)37-20/h5-10,15,18H,4,11-14H2,1-3H3,(H3,28,29,30,31,32,33,35). The summed E-state index contributed by atoms with van der Waals surface area (Å²) in [6.07, 6.45) is 3.46. The van der Waals surface area contributed by atoms with E-state index in [9.17, 15) is 9.18 Å². The van der Waals surface area contributed by atoms with Crippen LogP contribution in [-0.2, 0) is 9.53 Å². The lowest BCUT2D eigenvalue weighted by atomic mass is 10.1. The Morgan fingerprint density at radius 1 is 1.14 bits per heavy atom. The normalized spacial score (nSPS) is 17.0. The van der Waals surface area contributed by atoms with Crippen LogP contribution in [0.5, 0.6) is 5.75 Å². The van der Waals surface area contributed by atoms with Crippen molar-refractivity contribution in [3.05, 3.63) is 48.4 Å².